The van der Waals surface area contributed by atoms with Crippen molar-refractivity contribution in [2.24, 2.45) is 4.99 Å². The van der Waals surface area contributed by atoms with Crippen LogP contribution in [0.2, 0.25) is 0 Å². The fourth-order valence-electron chi connectivity index (χ4n) is 1.04. The van der Waals surface area contributed by atoms with Gasteiger partial charge in [0, 0.05) is 13.6 Å². The predicted octanol–water partition coefficient (Wildman–Crippen LogP) is -0.654. The predicted molar refractivity (Wildman–Crippen MR) is 51.4 cm³/mol. The summed E-state index contributed by atoms with van der Waals surface area (Å²) < 4.78 is 2.61. The maximum atomic E-state index is 11.5. The standard InChI is InChI=1S/C7H11N3O3S/c1-3-10-7(13)9(4-5(11)12)6(8-2)14-10/h3-4H2,1-2H3,(H,11,12). The molecule has 1 rings (SSSR count). The molecule has 14 heavy (non-hydrogen) atoms. The van der Waals surface area contributed by atoms with Crippen LogP contribution in [0.15, 0.2) is 9.79 Å². The van der Waals surface area contributed by atoms with E-state index in [0.717, 1.165) is 4.57 Å². The van der Waals surface area contributed by atoms with Crippen LogP contribution >= 0.6 is 11.5 Å². The lowest BCUT2D eigenvalue weighted by Gasteiger charge is -1.94. The van der Waals surface area contributed by atoms with E-state index < -0.39 is 5.97 Å². The molecule has 1 heterocycles. The third-order valence-corrected chi connectivity index (χ3v) is 2.84. The lowest BCUT2D eigenvalue weighted by Crippen LogP contribution is -2.32. The minimum absolute atomic E-state index is 0.319. The summed E-state index contributed by atoms with van der Waals surface area (Å²) in [7, 11) is 1.53. The maximum Gasteiger partial charge on any atom is 0.340 e. The number of carbonyl (C=O) groups is 1. The SMILES string of the molecule is CCn1sc(=NC)n(CC(=O)O)c1=O. The first-order valence-corrected chi connectivity index (χ1v) is 4.83. The van der Waals surface area contributed by atoms with E-state index in [1.54, 1.807) is 0 Å². The number of aryl methyl sites for hydroxylation is 1. The molecular weight excluding hydrogens is 206 g/mol. The summed E-state index contributed by atoms with van der Waals surface area (Å²) >= 11 is 1.17. The van der Waals surface area contributed by atoms with Gasteiger partial charge in [0.15, 0.2) is 0 Å². The van der Waals surface area contributed by atoms with E-state index in [9.17, 15) is 9.59 Å². The highest BCUT2D eigenvalue weighted by molar-refractivity contribution is 7.03. The third-order valence-electron chi connectivity index (χ3n) is 1.64. The van der Waals surface area contributed by atoms with E-state index in [1.165, 1.54) is 22.5 Å². The van der Waals surface area contributed by atoms with Crippen molar-refractivity contribution >= 4 is 17.5 Å². The van der Waals surface area contributed by atoms with Gasteiger partial charge in [-0.15, -0.1) is 0 Å². The van der Waals surface area contributed by atoms with Gasteiger partial charge in [0.1, 0.15) is 6.54 Å². The molecule has 0 amide bonds. The number of hydrogen-bond acceptors (Lipinski definition) is 4. The Morgan fingerprint density at radius 1 is 1.64 bits per heavy atom. The molecule has 0 unspecified atom stereocenters. The van der Waals surface area contributed by atoms with Gasteiger partial charge in [0.25, 0.3) is 0 Å². The van der Waals surface area contributed by atoms with Crippen LogP contribution in [-0.4, -0.2) is 26.6 Å². The molecule has 78 valence electrons. The van der Waals surface area contributed by atoms with Crippen molar-refractivity contribution in [2.45, 2.75) is 20.0 Å². The summed E-state index contributed by atoms with van der Waals surface area (Å²) in [5, 5.41) is 8.59. The van der Waals surface area contributed by atoms with Crippen molar-refractivity contribution in [3.05, 3.63) is 15.3 Å². The van der Waals surface area contributed by atoms with E-state index in [0.29, 0.717) is 11.3 Å². The van der Waals surface area contributed by atoms with Gasteiger partial charge in [-0.25, -0.2) is 8.75 Å². The maximum absolute atomic E-state index is 11.5. The van der Waals surface area contributed by atoms with Crippen LogP contribution in [0.3, 0.4) is 0 Å². The van der Waals surface area contributed by atoms with E-state index in [4.69, 9.17) is 5.11 Å². The lowest BCUT2D eigenvalue weighted by molar-refractivity contribution is -0.137. The van der Waals surface area contributed by atoms with Gasteiger partial charge < -0.3 is 5.11 Å². The Balaban J connectivity index is 3.33. The molecule has 0 aromatic carbocycles. The Bertz CT molecular complexity index is 453. The Hall–Kier alpha value is -1.37. The van der Waals surface area contributed by atoms with Crippen LogP contribution in [0.25, 0.3) is 0 Å². The fraction of sp³-hybridized carbons (Fsp3) is 0.571. The molecule has 0 aliphatic heterocycles. The van der Waals surface area contributed by atoms with Gasteiger partial charge in [-0.05, 0) is 18.5 Å². The minimum atomic E-state index is -1.04. The molecule has 0 spiro atoms. The van der Waals surface area contributed by atoms with Crippen LogP contribution in [0, 0.1) is 0 Å². The Kier molecular flexibility index (Phi) is 3.23. The average Bonchev–Trinajstić information content (AvgIpc) is 2.43. The Labute approximate surface area is 83.9 Å². The Morgan fingerprint density at radius 2 is 2.29 bits per heavy atom. The first kappa shape index (κ1) is 10.7. The molecule has 0 aliphatic carbocycles. The highest BCUT2D eigenvalue weighted by Gasteiger charge is 2.09. The van der Waals surface area contributed by atoms with Gasteiger partial charge in [-0.3, -0.25) is 14.4 Å². The summed E-state index contributed by atoms with van der Waals surface area (Å²) in [6.45, 7) is 2.01. The van der Waals surface area contributed by atoms with Crippen LogP contribution in [0.5, 0.6) is 0 Å². The number of aromatic nitrogens is 2. The van der Waals surface area contributed by atoms with E-state index in [1.807, 2.05) is 6.92 Å². The summed E-state index contributed by atoms with van der Waals surface area (Å²) in [6.07, 6.45) is 0. The van der Waals surface area contributed by atoms with Crippen molar-refractivity contribution in [1.29, 1.82) is 0 Å². The highest BCUT2D eigenvalue weighted by Crippen LogP contribution is 1.86. The molecule has 0 saturated carbocycles. The monoisotopic (exact) mass is 217 g/mol. The van der Waals surface area contributed by atoms with E-state index in [2.05, 4.69) is 4.99 Å². The first-order chi connectivity index (χ1) is 6.60. The van der Waals surface area contributed by atoms with Crippen LogP contribution in [0.4, 0.5) is 0 Å². The summed E-state index contributed by atoms with van der Waals surface area (Å²) in [4.78, 5) is 26.3. The van der Waals surface area contributed by atoms with E-state index in [-0.39, 0.29) is 12.2 Å². The van der Waals surface area contributed by atoms with Crippen molar-refractivity contribution in [2.75, 3.05) is 7.05 Å². The van der Waals surface area contributed by atoms with Gasteiger partial charge >= 0.3 is 11.7 Å². The number of carboxylic acids is 1. The number of carboxylic acid groups (broad SMARTS) is 1. The number of nitrogens with zero attached hydrogens (tertiary/aromatic N) is 3. The lowest BCUT2D eigenvalue weighted by atomic mass is 10.6. The van der Waals surface area contributed by atoms with Crippen molar-refractivity contribution in [3.8, 4) is 0 Å². The zero-order chi connectivity index (χ0) is 10.7. The van der Waals surface area contributed by atoms with Crippen LogP contribution in [-0.2, 0) is 17.9 Å². The summed E-state index contributed by atoms with van der Waals surface area (Å²) in [5.74, 6) is -1.04. The van der Waals surface area contributed by atoms with Crippen LogP contribution in [0.1, 0.15) is 6.92 Å². The molecule has 1 aromatic rings. The van der Waals surface area contributed by atoms with E-state index >= 15 is 0 Å². The molecule has 0 saturated heterocycles. The molecule has 0 bridgehead atoms. The smallest absolute Gasteiger partial charge is 0.340 e. The van der Waals surface area contributed by atoms with Crippen molar-refractivity contribution in [1.82, 2.24) is 8.52 Å². The molecule has 0 radical (unpaired) electrons. The number of rotatable bonds is 3. The average molecular weight is 217 g/mol. The molecule has 0 atom stereocenters. The molecule has 1 aromatic heterocycles. The summed E-state index contributed by atoms with van der Waals surface area (Å²) in [5.41, 5.74) is -0.319. The second-order valence-electron chi connectivity index (χ2n) is 2.55. The second-order valence-corrected chi connectivity index (χ2v) is 3.54. The summed E-state index contributed by atoms with van der Waals surface area (Å²) in [6, 6.07) is 0. The normalized spacial score (nSPS) is 12.0. The fourth-order valence-corrected chi connectivity index (χ4v) is 1.86. The zero-order valence-electron chi connectivity index (χ0n) is 7.93. The van der Waals surface area contributed by atoms with Crippen molar-refractivity contribution < 1.29 is 9.90 Å². The number of hydrogen-bond donors (Lipinski definition) is 1. The molecular formula is C7H11N3O3S. The largest absolute Gasteiger partial charge is 0.480 e. The minimum Gasteiger partial charge on any atom is -0.480 e. The molecule has 0 fully saturated rings. The molecule has 7 heteroatoms. The Morgan fingerprint density at radius 3 is 2.71 bits per heavy atom. The quantitative estimate of drug-likeness (QED) is 0.730. The zero-order valence-corrected chi connectivity index (χ0v) is 8.74. The van der Waals surface area contributed by atoms with Gasteiger partial charge in [0.05, 0.1) is 0 Å². The van der Waals surface area contributed by atoms with Gasteiger partial charge in [-0.2, -0.15) is 0 Å². The number of aliphatic carboxylic acids is 1. The van der Waals surface area contributed by atoms with Crippen molar-refractivity contribution in [3.63, 3.8) is 0 Å². The molecule has 1 N–H and O–H groups in total. The van der Waals surface area contributed by atoms with Crippen LogP contribution < -0.4 is 10.5 Å². The van der Waals surface area contributed by atoms with Gasteiger partial charge in [-0.1, -0.05) is 0 Å². The second kappa shape index (κ2) is 4.23. The third kappa shape index (κ3) is 1.92. The molecule has 0 aliphatic rings. The highest BCUT2D eigenvalue weighted by atomic mass is 32.1. The first-order valence-electron chi connectivity index (χ1n) is 4.05. The topological polar surface area (TPSA) is 76.6 Å². The van der Waals surface area contributed by atoms with Gasteiger partial charge in [0.2, 0.25) is 4.80 Å². The molecule has 6 nitrogen and oxygen atoms in total.